The lowest BCUT2D eigenvalue weighted by Crippen LogP contribution is -2.16. The lowest BCUT2D eigenvalue weighted by molar-refractivity contribution is 0.100. The molecular formula is C23H21FN6O. The van der Waals surface area contributed by atoms with Crippen LogP contribution >= 0.6 is 0 Å². The van der Waals surface area contributed by atoms with Crippen molar-refractivity contribution >= 4 is 22.6 Å². The van der Waals surface area contributed by atoms with Crippen molar-refractivity contribution in [3.63, 3.8) is 0 Å². The zero-order valence-corrected chi connectivity index (χ0v) is 16.8. The fourth-order valence-electron chi connectivity index (χ4n) is 4.06. The number of nitrogens with zero attached hydrogens (tertiary/aromatic N) is 4. The van der Waals surface area contributed by atoms with Crippen LogP contribution in [0.25, 0.3) is 16.9 Å². The molecule has 5 rings (SSSR count). The van der Waals surface area contributed by atoms with Crippen molar-refractivity contribution in [2.24, 2.45) is 5.73 Å². The maximum Gasteiger partial charge on any atom is 0.253 e. The minimum atomic E-state index is -0.708. The zero-order chi connectivity index (χ0) is 21.4. The molecular weight excluding hydrogens is 395 g/mol. The van der Waals surface area contributed by atoms with E-state index in [9.17, 15) is 9.18 Å². The number of aromatic nitrogens is 4. The molecule has 2 aromatic heterocycles. The summed E-state index contributed by atoms with van der Waals surface area (Å²) in [4.78, 5) is 21.2. The summed E-state index contributed by atoms with van der Waals surface area (Å²) in [5.74, 6) is -0.171. The molecule has 0 saturated carbocycles. The SMILES string of the molecule is NC(=O)c1cc(F)cc2c1cnn2-c1nc2c(c(NCc3ccccc3)n1)CCCC2. The highest BCUT2D eigenvalue weighted by molar-refractivity contribution is 6.05. The Kier molecular flexibility index (Phi) is 4.82. The monoisotopic (exact) mass is 416 g/mol. The number of hydrogen-bond donors (Lipinski definition) is 2. The topological polar surface area (TPSA) is 98.7 Å². The summed E-state index contributed by atoms with van der Waals surface area (Å²) in [6.07, 6.45) is 5.41. The van der Waals surface area contributed by atoms with Crippen molar-refractivity contribution in [2.45, 2.75) is 32.2 Å². The van der Waals surface area contributed by atoms with Gasteiger partial charge in [-0.3, -0.25) is 4.79 Å². The molecule has 156 valence electrons. The molecule has 2 aromatic carbocycles. The first-order chi connectivity index (χ1) is 15.1. The number of aryl methyl sites for hydroxylation is 1. The number of fused-ring (bicyclic) bond motifs is 2. The van der Waals surface area contributed by atoms with E-state index >= 15 is 0 Å². The number of benzene rings is 2. The molecule has 0 aliphatic heterocycles. The van der Waals surface area contributed by atoms with Crippen LogP contribution in [0, 0.1) is 5.82 Å². The normalized spacial score (nSPS) is 13.2. The predicted octanol–water partition coefficient (Wildman–Crippen LogP) is 3.54. The number of carbonyl (C=O) groups excluding carboxylic acids is 1. The summed E-state index contributed by atoms with van der Waals surface area (Å²) in [6, 6.07) is 12.5. The van der Waals surface area contributed by atoms with Gasteiger partial charge in [0.1, 0.15) is 11.6 Å². The summed E-state index contributed by atoms with van der Waals surface area (Å²) >= 11 is 0. The second-order valence-electron chi connectivity index (χ2n) is 7.65. The van der Waals surface area contributed by atoms with Crippen LogP contribution in [0.5, 0.6) is 0 Å². The van der Waals surface area contributed by atoms with E-state index in [4.69, 9.17) is 15.7 Å². The van der Waals surface area contributed by atoms with Gasteiger partial charge >= 0.3 is 0 Å². The van der Waals surface area contributed by atoms with Gasteiger partial charge < -0.3 is 11.1 Å². The Balaban J connectivity index is 1.61. The first kappa shape index (κ1) is 19.2. The van der Waals surface area contributed by atoms with Gasteiger partial charge in [-0.1, -0.05) is 30.3 Å². The number of nitrogens with one attached hydrogen (secondary N) is 1. The summed E-state index contributed by atoms with van der Waals surface area (Å²) in [5, 5.41) is 8.25. The van der Waals surface area contributed by atoms with Crippen molar-refractivity contribution < 1.29 is 9.18 Å². The van der Waals surface area contributed by atoms with Gasteiger partial charge in [0, 0.05) is 23.6 Å². The van der Waals surface area contributed by atoms with E-state index in [2.05, 4.69) is 22.5 Å². The largest absolute Gasteiger partial charge is 0.366 e. The summed E-state index contributed by atoms with van der Waals surface area (Å²) in [7, 11) is 0. The summed E-state index contributed by atoms with van der Waals surface area (Å²) in [6.45, 7) is 0.629. The van der Waals surface area contributed by atoms with Crippen LogP contribution in [0.1, 0.15) is 40.0 Å². The third kappa shape index (κ3) is 3.61. The quantitative estimate of drug-likeness (QED) is 0.518. The molecule has 7 nitrogen and oxygen atoms in total. The molecule has 0 bridgehead atoms. The average Bonchev–Trinajstić information content (AvgIpc) is 3.21. The highest BCUT2D eigenvalue weighted by Crippen LogP contribution is 2.28. The summed E-state index contributed by atoms with van der Waals surface area (Å²) < 4.78 is 15.7. The Morgan fingerprint density at radius 1 is 1.13 bits per heavy atom. The third-order valence-corrected chi connectivity index (χ3v) is 5.58. The van der Waals surface area contributed by atoms with Crippen molar-refractivity contribution in [3.8, 4) is 5.95 Å². The maximum absolute atomic E-state index is 14.2. The van der Waals surface area contributed by atoms with Crippen molar-refractivity contribution in [2.75, 3.05) is 5.32 Å². The predicted molar refractivity (Wildman–Crippen MR) is 116 cm³/mol. The molecule has 0 spiro atoms. The molecule has 1 amide bonds. The first-order valence-electron chi connectivity index (χ1n) is 10.2. The van der Waals surface area contributed by atoms with Crippen molar-refractivity contribution in [3.05, 3.63) is 76.9 Å². The Bertz CT molecular complexity index is 1280. The maximum atomic E-state index is 14.2. The highest BCUT2D eigenvalue weighted by Gasteiger charge is 2.21. The Hall–Kier alpha value is -3.81. The molecule has 0 radical (unpaired) electrons. The number of rotatable bonds is 5. The zero-order valence-electron chi connectivity index (χ0n) is 16.8. The molecule has 2 heterocycles. The molecule has 1 aliphatic rings. The minimum Gasteiger partial charge on any atom is -0.366 e. The number of nitrogens with two attached hydrogens (primary N) is 1. The molecule has 8 heteroatoms. The number of primary amides is 1. The van der Waals surface area contributed by atoms with Gasteiger partial charge in [0.05, 0.1) is 23.0 Å². The van der Waals surface area contributed by atoms with Crippen LogP contribution in [-0.2, 0) is 19.4 Å². The van der Waals surface area contributed by atoms with Gasteiger partial charge in [-0.25, -0.2) is 9.37 Å². The lowest BCUT2D eigenvalue weighted by Gasteiger charge is -2.20. The van der Waals surface area contributed by atoms with E-state index in [1.165, 1.54) is 16.9 Å². The second kappa shape index (κ2) is 7.79. The van der Waals surface area contributed by atoms with E-state index in [0.29, 0.717) is 23.4 Å². The second-order valence-corrected chi connectivity index (χ2v) is 7.65. The molecule has 3 N–H and O–H groups in total. The highest BCUT2D eigenvalue weighted by atomic mass is 19.1. The van der Waals surface area contributed by atoms with Crippen LogP contribution in [0.2, 0.25) is 0 Å². The average molecular weight is 416 g/mol. The van der Waals surface area contributed by atoms with Gasteiger partial charge in [-0.15, -0.1) is 0 Å². The molecule has 31 heavy (non-hydrogen) atoms. The molecule has 0 atom stereocenters. The third-order valence-electron chi connectivity index (χ3n) is 5.58. The number of anilines is 1. The van der Waals surface area contributed by atoms with Crippen LogP contribution in [0.15, 0.2) is 48.7 Å². The molecule has 0 unspecified atom stereocenters. The fraction of sp³-hybridized carbons (Fsp3) is 0.217. The van der Waals surface area contributed by atoms with E-state index in [1.807, 2.05) is 18.2 Å². The van der Waals surface area contributed by atoms with E-state index in [0.717, 1.165) is 54.4 Å². The van der Waals surface area contributed by atoms with Crippen LogP contribution in [0.3, 0.4) is 0 Å². The van der Waals surface area contributed by atoms with Gasteiger partial charge in [-0.2, -0.15) is 14.8 Å². The number of hydrogen-bond acceptors (Lipinski definition) is 5. The van der Waals surface area contributed by atoms with Crippen LogP contribution in [-0.4, -0.2) is 25.7 Å². The Labute approximate surface area is 178 Å². The first-order valence-corrected chi connectivity index (χ1v) is 10.2. The van der Waals surface area contributed by atoms with Gasteiger partial charge in [0.15, 0.2) is 0 Å². The smallest absolute Gasteiger partial charge is 0.253 e. The minimum absolute atomic E-state index is 0.0848. The van der Waals surface area contributed by atoms with E-state index in [1.54, 1.807) is 0 Å². The fourth-order valence-corrected chi connectivity index (χ4v) is 4.06. The van der Waals surface area contributed by atoms with Crippen LogP contribution < -0.4 is 11.1 Å². The number of halogens is 1. The van der Waals surface area contributed by atoms with Gasteiger partial charge in [-0.05, 0) is 37.3 Å². The van der Waals surface area contributed by atoms with Crippen molar-refractivity contribution in [1.29, 1.82) is 0 Å². The van der Waals surface area contributed by atoms with E-state index in [-0.39, 0.29) is 5.56 Å². The van der Waals surface area contributed by atoms with Gasteiger partial charge in [0.25, 0.3) is 5.95 Å². The molecule has 0 saturated heterocycles. The molecule has 4 aromatic rings. The van der Waals surface area contributed by atoms with Crippen molar-refractivity contribution in [1.82, 2.24) is 19.7 Å². The van der Waals surface area contributed by atoms with Gasteiger partial charge in [0.2, 0.25) is 5.91 Å². The summed E-state index contributed by atoms with van der Waals surface area (Å²) in [5.41, 5.74) is 9.14. The Morgan fingerprint density at radius 3 is 2.74 bits per heavy atom. The lowest BCUT2D eigenvalue weighted by atomic mass is 9.96. The number of carbonyl (C=O) groups is 1. The molecule has 0 fully saturated rings. The number of amides is 1. The van der Waals surface area contributed by atoms with Crippen LogP contribution in [0.4, 0.5) is 10.2 Å². The Morgan fingerprint density at radius 2 is 1.94 bits per heavy atom. The standard InChI is InChI=1S/C23H21FN6O/c24-15-10-17(21(25)31)18-13-27-30(20(18)11-15)23-28-19-9-5-4-8-16(19)22(29-23)26-12-14-6-2-1-3-7-14/h1-3,6-7,10-11,13H,4-5,8-9,12H2,(H2,25,31)(H,26,28,29). The molecule has 1 aliphatic carbocycles. The van der Waals surface area contributed by atoms with E-state index < -0.39 is 11.7 Å².